The van der Waals surface area contributed by atoms with Gasteiger partial charge in [-0.25, -0.2) is 0 Å². The first kappa shape index (κ1) is 14.0. The minimum absolute atomic E-state index is 0.931. The van der Waals surface area contributed by atoms with Crippen LogP contribution in [0.15, 0.2) is 24.9 Å². The second-order valence-corrected chi connectivity index (χ2v) is 4.36. The molecule has 1 aromatic rings. The molecule has 0 amide bonds. The van der Waals surface area contributed by atoms with Crippen LogP contribution in [0, 0.1) is 0 Å². The van der Waals surface area contributed by atoms with Crippen molar-refractivity contribution in [2.75, 3.05) is 6.54 Å². The van der Waals surface area contributed by atoms with Gasteiger partial charge in [-0.1, -0.05) is 19.4 Å². The molecule has 0 saturated carbocycles. The van der Waals surface area contributed by atoms with E-state index in [2.05, 4.69) is 34.7 Å². The average Bonchev–Trinajstić information content (AvgIpc) is 2.77. The monoisotopic (exact) mass is 235 g/mol. The zero-order valence-corrected chi connectivity index (χ0v) is 11.0. The molecule has 3 nitrogen and oxygen atoms in total. The molecule has 0 fully saturated rings. The van der Waals surface area contributed by atoms with Crippen LogP contribution in [0.4, 0.5) is 0 Å². The fourth-order valence-corrected chi connectivity index (χ4v) is 1.83. The van der Waals surface area contributed by atoms with E-state index in [0.29, 0.717) is 0 Å². The Morgan fingerprint density at radius 3 is 3.06 bits per heavy atom. The molecule has 0 saturated heterocycles. The van der Waals surface area contributed by atoms with Gasteiger partial charge in [-0.15, -0.1) is 6.58 Å². The molecule has 1 N–H and O–H groups in total. The van der Waals surface area contributed by atoms with Crippen molar-refractivity contribution in [1.82, 2.24) is 15.1 Å². The number of unbranched alkanes of at least 4 members (excludes halogenated alkanes) is 3. The largest absolute Gasteiger partial charge is 0.311 e. The topological polar surface area (TPSA) is 29.9 Å². The van der Waals surface area contributed by atoms with Gasteiger partial charge in [-0.2, -0.15) is 5.10 Å². The number of aryl methyl sites for hydroxylation is 1. The predicted molar refractivity (Wildman–Crippen MR) is 72.9 cm³/mol. The summed E-state index contributed by atoms with van der Waals surface area (Å²) in [7, 11) is 0. The first-order chi connectivity index (χ1) is 8.38. The Morgan fingerprint density at radius 1 is 1.41 bits per heavy atom. The van der Waals surface area contributed by atoms with Crippen LogP contribution in [0.1, 0.15) is 44.7 Å². The van der Waals surface area contributed by atoms with Gasteiger partial charge in [0.25, 0.3) is 0 Å². The van der Waals surface area contributed by atoms with Crippen LogP contribution >= 0.6 is 0 Å². The first-order valence-corrected chi connectivity index (χ1v) is 6.70. The van der Waals surface area contributed by atoms with Gasteiger partial charge in [0.15, 0.2) is 0 Å². The Kier molecular flexibility index (Phi) is 7.39. The number of allylic oxidation sites excluding steroid dienone is 1. The molecule has 1 heterocycles. The predicted octanol–water partition coefficient (Wildman–Crippen LogP) is 3.13. The van der Waals surface area contributed by atoms with Crippen molar-refractivity contribution in [3.05, 3.63) is 30.6 Å². The zero-order valence-electron chi connectivity index (χ0n) is 11.0. The zero-order chi connectivity index (χ0) is 12.3. The summed E-state index contributed by atoms with van der Waals surface area (Å²) in [6, 6.07) is 2.10. The minimum atomic E-state index is 0.931. The fraction of sp³-hybridized carbons (Fsp3) is 0.643. The minimum Gasteiger partial charge on any atom is -0.311 e. The Hall–Kier alpha value is -1.09. The molecule has 0 aliphatic rings. The molecule has 0 unspecified atom stereocenters. The van der Waals surface area contributed by atoms with Crippen LogP contribution in [0.25, 0.3) is 0 Å². The summed E-state index contributed by atoms with van der Waals surface area (Å²) < 4.78 is 2.12. The number of hydrogen-bond donors (Lipinski definition) is 1. The van der Waals surface area contributed by atoms with Crippen molar-refractivity contribution < 1.29 is 0 Å². The van der Waals surface area contributed by atoms with Crippen molar-refractivity contribution in [3.63, 3.8) is 0 Å². The van der Waals surface area contributed by atoms with E-state index in [1.807, 2.05) is 12.3 Å². The van der Waals surface area contributed by atoms with E-state index in [-0.39, 0.29) is 0 Å². The van der Waals surface area contributed by atoms with E-state index in [9.17, 15) is 0 Å². The smallest absolute Gasteiger partial charge is 0.0522 e. The molecule has 3 heteroatoms. The van der Waals surface area contributed by atoms with Gasteiger partial charge in [-0.3, -0.25) is 4.68 Å². The highest BCUT2D eigenvalue weighted by Crippen LogP contribution is 2.05. The van der Waals surface area contributed by atoms with Gasteiger partial charge < -0.3 is 5.32 Å². The normalized spacial score (nSPS) is 10.6. The molecule has 0 aromatic carbocycles. The van der Waals surface area contributed by atoms with Gasteiger partial charge in [0.2, 0.25) is 0 Å². The van der Waals surface area contributed by atoms with Crippen LogP contribution < -0.4 is 5.32 Å². The molecule has 0 atom stereocenters. The first-order valence-electron chi connectivity index (χ1n) is 6.70. The number of rotatable bonds is 10. The third-order valence-corrected chi connectivity index (χ3v) is 2.82. The summed E-state index contributed by atoms with van der Waals surface area (Å²) in [5.41, 5.74) is 1.29. The molecule has 1 aromatic heterocycles. The lowest BCUT2D eigenvalue weighted by Gasteiger charge is -2.08. The Balaban J connectivity index is 2.22. The highest BCUT2D eigenvalue weighted by atomic mass is 15.3. The van der Waals surface area contributed by atoms with E-state index >= 15 is 0 Å². The molecule has 0 aliphatic heterocycles. The quantitative estimate of drug-likeness (QED) is 0.499. The van der Waals surface area contributed by atoms with E-state index < -0.39 is 0 Å². The molecule has 0 radical (unpaired) electrons. The standard InChI is InChI=1S/C14H25N3/c1-3-5-6-7-8-12-17-14(9-11-16-17)13-15-10-4-2/h3,9,11,15H,1,4-8,10,12-13H2,2H3. The lowest BCUT2D eigenvalue weighted by Crippen LogP contribution is -2.17. The van der Waals surface area contributed by atoms with Crippen molar-refractivity contribution in [3.8, 4) is 0 Å². The van der Waals surface area contributed by atoms with Crippen molar-refractivity contribution >= 4 is 0 Å². The van der Waals surface area contributed by atoms with Crippen molar-refractivity contribution in [2.45, 2.75) is 52.1 Å². The third-order valence-electron chi connectivity index (χ3n) is 2.82. The Bertz CT molecular complexity index is 304. The van der Waals surface area contributed by atoms with E-state index in [1.54, 1.807) is 0 Å². The van der Waals surface area contributed by atoms with Gasteiger partial charge in [0.05, 0.1) is 5.69 Å². The molecule has 0 bridgehead atoms. The molecule has 0 aliphatic carbocycles. The number of nitrogens with one attached hydrogen (secondary N) is 1. The van der Waals surface area contributed by atoms with E-state index in [1.165, 1.54) is 31.4 Å². The van der Waals surface area contributed by atoms with Gasteiger partial charge >= 0.3 is 0 Å². The maximum atomic E-state index is 4.37. The van der Waals surface area contributed by atoms with Crippen LogP contribution in [0.3, 0.4) is 0 Å². The summed E-state index contributed by atoms with van der Waals surface area (Å²) in [5, 5.41) is 7.78. The third kappa shape index (κ3) is 5.68. The maximum absolute atomic E-state index is 4.37. The molecular weight excluding hydrogens is 210 g/mol. The fourth-order valence-electron chi connectivity index (χ4n) is 1.83. The molecule has 0 spiro atoms. The molecular formula is C14H25N3. The van der Waals surface area contributed by atoms with Gasteiger partial charge in [0.1, 0.15) is 0 Å². The van der Waals surface area contributed by atoms with E-state index in [0.717, 1.165) is 26.1 Å². The number of nitrogens with zero attached hydrogens (tertiary/aromatic N) is 2. The average molecular weight is 235 g/mol. The van der Waals surface area contributed by atoms with Crippen LogP contribution in [-0.2, 0) is 13.1 Å². The molecule has 17 heavy (non-hydrogen) atoms. The Morgan fingerprint density at radius 2 is 2.29 bits per heavy atom. The second kappa shape index (κ2) is 8.99. The van der Waals surface area contributed by atoms with Gasteiger partial charge in [-0.05, 0) is 38.3 Å². The highest BCUT2D eigenvalue weighted by molar-refractivity contribution is 4.99. The van der Waals surface area contributed by atoms with E-state index in [4.69, 9.17) is 0 Å². The lowest BCUT2D eigenvalue weighted by molar-refractivity contribution is 0.514. The van der Waals surface area contributed by atoms with Crippen LogP contribution in [-0.4, -0.2) is 16.3 Å². The SMILES string of the molecule is C=CCCCCCn1nccc1CNCCC. The van der Waals surface area contributed by atoms with Crippen molar-refractivity contribution in [2.24, 2.45) is 0 Å². The number of hydrogen-bond acceptors (Lipinski definition) is 2. The highest BCUT2D eigenvalue weighted by Gasteiger charge is 2.01. The maximum Gasteiger partial charge on any atom is 0.0522 e. The molecule has 96 valence electrons. The summed E-state index contributed by atoms with van der Waals surface area (Å²) in [6.07, 6.45) is 9.90. The Labute approximate surface area is 105 Å². The second-order valence-electron chi connectivity index (χ2n) is 4.36. The van der Waals surface area contributed by atoms with Gasteiger partial charge in [0, 0.05) is 19.3 Å². The number of aromatic nitrogens is 2. The van der Waals surface area contributed by atoms with Crippen LogP contribution in [0.5, 0.6) is 0 Å². The summed E-state index contributed by atoms with van der Waals surface area (Å²) >= 11 is 0. The summed E-state index contributed by atoms with van der Waals surface area (Å²) in [6.45, 7) is 8.96. The van der Waals surface area contributed by atoms with Crippen molar-refractivity contribution in [1.29, 1.82) is 0 Å². The molecule has 1 rings (SSSR count). The summed E-state index contributed by atoms with van der Waals surface area (Å²) in [4.78, 5) is 0. The summed E-state index contributed by atoms with van der Waals surface area (Å²) in [5.74, 6) is 0. The van der Waals surface area contributed by atoms with Crippen LogP contribution in [0.2, 0.25) is 0 Å². The lowest BCUT2D eigenvalue weighted by atomic mass is 10.2.